The quantitative estimate of drug-likeness (QED) is 0.529. The van der Waals surface area contributed by atoms with Gasteiger partial charge in [0.15, 0.2) is 0 Å². The van der Waals surface area contributed by atoms with Gasteiger partial charge >= 0.3 is 0 Å². The van der Waals surface area contributed by atoms with E-state index in [1.54, 1.807) is 0 Å². The molecule has 48 valence electrons. The maximum atomic E-state index is 3.86. The zero-order chi connectivity index (χ0) is 5.33. The van der Waals surface area contributed by atoms with Crippen molar-refractivity contribution in [3.05, 3.63) is 0 Å². The average molecular weight is 135 g/mol. The summed E-state index contributed by atoms with van der Waals surface area (Å²) in [4.78, 5) is 0. The van der Waals surface area contributed by atoms with Gasteiger partial charge in [-0.1, -0.05) is 0 Å². The third kappa shape index (κ3) is 1.70. The minimum Gasteiger partial charge on any atom is -0.304 e. The highest BCUT2D eigenvalue weighted by Gasteiger charge is 2.17. The number of rotatable bonds is 0. The first-order chi connectivity index (χ1) is 3.21. The van der Waals surface area contributed by atoms with Crippen molar-refractivity contribution in [2.45, 2.75) is 25.8 Å². The van der Waals surface area contributed by atoms with Crippen LogP contribution < -0.4 is 5.43 Å². The molecule has 0 aromatic carbocycles. The summed E-state index contributed by atoms with van der Waals surface area (Å²) >= 11 is 0. The van der Waals surface area contributed by atoms with Crippen molar-refractivity contribution in [3.63, 3.8) is 0 Å². The molecule has 2 nitrogen and oxygen atoms in total. The predicted octanol–water partition coefficient (Wildman–Crippen LogP) is 1.17. The highest BCUT2D eigenvalue weighted by molar-refractivity contribution is 5.85. The summed E-state index contributed by atoms with van der Waals surface area (Å²) in [6, 6.07) is 0. The third-order valence-corrected chi connectivity index (χ3v) is 1.06. The molecule has 3 heteroatoms. The van der Waals surface area contributed by atoms with Crippen molar-refractivity contribution in [2.24, 2.45) is 5.10 Å². The molecule has 1 aliphatic heterocycles. The van der Waals surface area contributed by atoms with Crippen LogP contribution >= 0.6 is 12.4 Å². The van der Waals surface area contributed by atoms with Crippen molar-refractivity contribution in [1.29, 1.82) is 0 Å². The van der Waals surface area contributed by atoms with Gasteiger partial charge < -0.3 is 5.43 Å². The first-order valence-electron chi connectivity index (χ1n) is 2.49. The smallest absolute Gasteiger partial charge is 0.0542 e. The summed E-state index contributed by atoms with van der Waals surface area (Å²) in [5.74, 6) is 0. The number of nitrogens with one attached hydrogen (secondary N) is 1. The van der Waals surface area contributed by atoms with E-state index < -0.39 is 0 Å². The van der Waals surface area contributed by atoms with E-state index >= 15 is 0 Å². The second-order valence-electron chi connectivity index (χ2n) is 2.51. The maximum absolute atomic E-state index is 3.86. The monoisotopic (exact) mass is 134 g/mol. The summed E-state index contributed by atoms with van der Waals surface area (Å²) in [7, 11) is 0. The second kappa shape index (κ2) is 2.35. The third-order valence-electron chi connectivity index (χ3n) is 1.06. The Morgan fingerprint density at radius 1 is 1.62 bits per heavy atom. The van der Waals surface area contributed by atoms with Crippen LogP contribution in [0.15, 0.2) is 5.10 Å². The Balaban J connectivity index is 0.000000490. The van der Waals surface area contributed by atoms with E-state index in [4.69, 9.17) is 0 Å². The van der Waals surface area contributed by atoms with Crippen LogP contribution in [0.1, 0.15) is 20.3 Å². The molecule has 0 fully saturated rings. The lowest BCUT2D eigenvalue weighted by molar-refractivity contribution is 0.447. The fraction of sp³-hybridized carbons (Fsp3) is 0.800. The zero-order valence-electron chi connectivity index (χ0n) is 5.14. The van der Waals surface area contributed by atoms with Crippen LogP contribution in [0.25, 0.3) is 0 Å². The molecule has 8 heavy (non-hydrogen) atoms. The average Bonchev–Trinajstić information content (AvgIpc) is 1.84. The van der Waals surface area contributed by atoms with Gasteiger partial charge in [0.05, 0.1) is 5.54 Å². The van der Waals surface area contributed by atoms with Crippen molar-refractivity contribution in [3.8, 4) is 0 Å². The molecule has 0 amide bonds. The Kier molecular flexibility index (Phi) is 2.28. The van der Waals surface area contributed by atoms with E-state index in [9.17, 15) is 0 Å². The molecule has 0 atom stereocenters. The molecule has 1 heterocycles. The van der Waals surface area contributed by atoms with Crippen molar-refractivity contribution < 1.29 is 0 Å². The Labute approximate surface area is 55.8 Å². The molecule has 0 spiro atoms. The summed E-state index contributed by atoms with van der Waals surface area (Å²) in [6.07, 6.45) is 2.95. The van der Waals surface area contributed by atoms with Crippen LogP contribution in [-0.2, 0) is 0 Å². The number of hydrazone groups is 1. The van der Waals surface area contributed by atoms with Gasteiger partial charge in [-0.3, -0.25) is 0 Å². The minimum absolute atomic E-state index is 0. The van der Waals surface area contributed by atoms with Crippen LogP contribution in [0, 0.1) is 0 Å². The molecular formula is C5H11ClN2. The van der Waals surface area contributed by atoms with Gasteiger partial charge in [0.25, 0.3) is 0 Å². The standard InChI is InChI=1S/C5H10N2.ClH/c1-5(2)3-4-6-7-5;/h4,7H,3H2,1-2H3;1H. The molecule has 1 aliphatic rings. The van der Waals surface area contributed by atoms with Crippen molar-refractivity contribution >= 4 is 18.6 Å². The molecule has 1 N–H and O–H groups in total. The van der Waals surface area contributed by atoms with Crippen LogP contribution in [0.4, 0.5) is 0 Å². The first-order valence-corrected chi connectivity index (χ1v) is 2.49. The molecule has 0 aliphatic carbocycles. The van der Waals surface area contributed by atoms with Gasteiger partial charge in [-0.25, -0.2) is 0 Å². The van der Waals surface area contributed by atoms with E-state index in [0.717, 1.165) is 6.42 Å². The summed E-state index contributed by atoms with van der Waals surface area (Å²) < 4.78 is 0. The molecular weight excluding hydrogens is 124 g/mol. The maximum Gasteiger partial charge on any atom is 0.0542 e. The topological polar surface area (TPSA) is 24.4 Å². The van der Waals surface area contributed by atoms with E-state index in [-0.39, 0.29) is 17.9 Å². The van der Waals surface area contributed by atoms with Crippen LogP contribution in [0.3, 0.4) is 0 Å². The van der Waals surface area contributed by atoms with Crippen LogP contribution in [0.5, 0.6) is 0 Å². The fourth-order valence-electron chi connectivity index (χ4n) is 0.540. The molecule has 0 aromatic rings. The van der Waals surface area contributed by atoms with Gasteiger partial charge in [-0.05, 0) is 13.8 Å². The minimum atomic E-state index is 0. The van der Waals surface area contributed by atoms with Gasteiger partial charge in [-0.15, -0.1) is 12.4 Å². The predicted molar refractivity (Wildman–Crippen MR) is 37.6 cm³/mol. The number of hydrogen-bond donors (Lipinski definition) is 1. The largest absolute Gasteiger partial charge is 0.304 e. The molecule has 0 radical (unpaired) electrons. The Bertz CT molecular complexity index is 88.6. The summed E-state index contributed by atoms with van der Waals surface area (Å²) in [5, 5.41) is 3.86. The number of nitrogens with zero attached hydrogens (tertiary/aromatic N) is 1. The lowest BCUT2D eigenvalue weighted by Crippen LogP contribution is -2.30. The van der Waals surface area contributed by atoms with E-state index in [2.05, 4.69) is 24.4 Å². The van der Waals surface area contributed by atoms with Gasteiger partial charge in [0, 0.05) is 12.6 Å². The van der Waals surface area contributed by atoms with Gasteiger partial charge in [-0.2, -0.15) is 5.10 Å². The van der Waals surface area contributed by atoms with Crippen molar-refractivity contribution in [2.75, 3.05) is 0 Å². The molecule has 0 bridgehead atoms. The highest BCUT2D eigenvalue weighted by Crippen LogP contribution is 2.09. The molecule has 0 aromatic heterocycles. The lowest BCUT2D eigenvalue weighted by atomic mass is 10.1. The highest BCUT2D eigenvalue weighted by atomic mass is 35.5. The van der Waals surface area contributed by atoms with E-state index in [0.29, 0.717) is 0 Å². The second-order valence-corrected chi connectivity index (χ2v) is 2.51. The summed E-state index contributed by atoms with van der Waals surface area (Å²) in [6.45, 7) is 4.25. The summed E-state index contributed by atoms with van der Waals surface area (Å²) in [5.41, 5.74) is 3.19. The molecule has 1 rings (SSSR count). The van der Waals surface area contributed by atoms with E-state index in [1.165, 1.54) is 0 Å². The van der Waals surface area contributed by atoms with Crippen LogP contribution in [0.2, 0.25) is 0 Å². The SMILES string of the molecule is CC1(C)CC=NN1.Cl. The molecule has 0 saturated carbocycles. The molecule has 0 unspecified atom stereocenters. The lowest BCUT2D eigenvalue weighted by Gasteiger charge is -2.14. The van der Waals surface area contributed by atoms with Gasteiger partial charge in [0.1, 0.15) is 0 Å². The van der Waals surface area contributed by atoms with E-state index in [1.807, 2.05) is 6.21 Å². The zero-order valence-corrected chi connectivity index (χ0v) is 5.96. The number of halogens is 1. The Hall–Kier alpha value is -0.240. The van der Waals surface area contributed by atoms with Gasteiger partial charge in [0.2, 0.25) is 0 Å². The molecule has 0 saturated heterocycles. The fourth-order valence-corrected chi connectivity index (χ4v) is 0.540. The Morgan fingerprint density at radius 3 is 2.38 bits per heavy atom. The first kappa shape index (κ1) is 7.76. The normalized spacial score (nSPS) is 21.8. The number of hydrogen-bond acceptors (Lipinski definition) is 2. The van der Waals surface area contributed by atoms with Crippen LogP contribution in [-0.4, -0.2) is 11.8 Å². The Morgan fingerprint density at radius 2 is 2.25 bits per heavy atom. The van der Waals surface area contributed by atoms with Crippen molar-refractivity contribution in [1.82, 2.24) is 5.43 Å².